The average molecular weight is 324 g/mol. The minimum Gasteiger partial charge on any atom is -0.458 e. The lowest BCUT2D eigenvalue weighted by Crippen LogP contribution is -2.20. The number of hydrogen-bond donors (Lipinski definition) is 0. The van der Waals surface area contributed by atoms with Gasteiger partial charge in [0.1, 0.15) is 13.2 Å². The molecule has 0 amide bonds. The van der Waals surface area contributed by atoms with E-state index in [2.05, 4.69) is 0 Å². The lowest BCUT2D eigenvalue weighted by atomic mass is 10.3. The van der Waals surface area contributed by atoms with E-state index < -0.39 is 24.1 Å². The first-order valence-electron chi connectivity index (χ1n) is 6.27. The quantitative estimate of drug-likeness (QED) is 0.603. The molecule has 2 atom stereocenters. The van der Waals surface area contributed by atoms with Gasteiger partial charge in [-0.1, -0.05) is 12.1 Å². The van der Waals surface area contributed by atoms with Crippen molar-refractivity contribution >= 4 is 34.6 Å². The van der Waals surface area contributed by atoms with Gasteiger partial charge in [-0.05, 0) is 22.9 Å². The van der Waals surface area contributed by atoms with Crippen LogP contribution in [-0.4, -0.2) is 24.1 Å². The fourth-order valence-electron chi connectivity index (χ4n) is 1.71. The molecule has 0 saturated carbocycles. The fraction of sp³-hybridized carbons (Fsp3) is 0.286. The Labute approximate surface area is 129 Å². The normalized spacial score (nSPS) is 20.0. The van der Waals surface area contributed by atoms with Gasteiger partial charge in [0.25, 0.3) is 0 Å². The topological polar surface area (TPSA) is 65.1 Å². The molecule has 5 nitrogen and oxygen atoms in total. The van der Waals surface area contributed by atoms with Crippen molar-refractivity contribution in [3.63, 3.8) is 0 Å². The number of hydrogen-bond acceptors (Lipinski definition) is 7. The monoisotopic (exact) mass is 324 g/mol. The fourth-order valence-corrected chi connectivity index (χ4v) is 2.94. The molecular formula is C14H12O5S2. The summed E-state index contributed by atoms with van der Waals surface area (Å²) in [6.45, 7) is 0.403. The van der Waals surface area contributed by atoms with Crippen LogP contribution in [0.15, 0.2) is 35.0 Å². The molecule has 0 bridgehead atoms. The van der Waals surface area contributed by atoms with Crippen molar-refractivity contribution in [2.45, 2.75) is 25.4 Å². The van der Waals surface area contributed by atoms with E-state index in [0.29, 0.717) is 0 Å². The van der Waals surface area contributed by atoms with Crippen molar-refractivity contribution in [1.82, 2.24) is 0 Å². The van der Waals surface area contributed by atoms with Gasteiger partial charge in [-0.15, -0.1) is 22.7 Å². The zero-order valence-electron chi connectivity index (χ0n) is 10.9. The first-order valence-corrected chi connectivity index (χ1v) is 8.03. The third-order valence-electron chi connectivity index (χ3n) is 2.83. The molecule has 2 unspecified atom stereocenters. The second-order valence-electron chi connectivity index (χ2n) is 4.35. The van der Waals surface area contributed by atoms with Gasteiger partial charge in [0, 0.05) is 9.75 Å². The van der Waals surface area contributed by atoms with Crippen LogP contribution in [0.3, 0.4) is 0 Å². The van der Waals surface area contributed by atoms with Crippen LogP contribution in [0.5, 0.6) is 0 Å². The Hall–Kier alpha value is -1.70. The number of carbonyl (C=O) groups is 2. The Morgan fingerprint density at radius 2 is 1.43 bits per heavy atom. The maximum absolute atomic E-state index is 11.7. The Morgan fingerprint density at radius 3 is 1.81 bits per heavy atom. The number of thiophene rings is 2. The summed E-state index contributed by atoms with van der Waals surface area (Å²) in [5, 5.41) is 3.81. The van der Waals surface area contributed by atoms with Crippen LogP contribution in [0, 0.1) is 0 Å². The maximum atomic E-state index is 11.7. The predicted octanol–water partition coefficient (Wildman–Crippen LogP) is 2.36. The van der Waals surface area contributed by atoms with Gasteiger partial charge in [0.15, 0.2) is 12.2 Å². The number of rotatable bonds is 6. The maximum Gasteiger partial charge on any atom is 0.339 e. The van der Waals surface area contributed by atoms with Crippen LogP contribution >= 0.6 is 22.7 Å². The van der Waals surface area contributed by atoms with Crippen LogP contribution in [0.2, 0.25) is 0 Å². The molecule has 0 aromatic carbocycles. The highest BCUT2D eigenvalue weighted by atomic mass is 32.1. The molecule has 0 aliphatic carbocycles. The second kappa shape index (κ2) is 6.38. The zero-order chi connectivity index (χ0) is 14.7. The van der Waals surface area contributed by atoms with Gasteiger partial charge < -0.3 is 14.2 Å². The lowest BCUT2D eigenvalue weighted by molar-refractivity contribution is -0.148. The van der Waals surface area contributed by atoms with E-state index in [9.17, 15) is 9.59 Å². The largest absolute Gasteiger partial charge is 0.458 e. The lowest BCUT2D eigenvalue weighted by Gasteiger charge is -2.01. The summed E-state index contributed by atoms with van der Waals surface area (Å²) >= 11 is 3.00. The van der Waals surface area contributed by atoms with Gasteiger partial charge >= 0.3 is 11.9 Å². The summed E-state index contributed by atoms with van der Waals surface area (Å²) in [6, 6.07) is 7.51. The van der Waals surface area contributed by atoms with Gasteiger partial charge in [-0.2, -0.15) is 0 Å². The van der Waals surface area contributed by atoms with Crippen molar-refractivity contribution in [1.29, 1.82) is 0 Å². The predicted molar refractivity (Wildman–Crippen MR) is 76.9 cm³/mol. The van der Waals surface area contributed by atoms with Gasteiger partial charge in [-0.25, -0.2) is 9.59 Å². The molecule has 1 fully saturated rings. The number of esters is 2. The number of ether oxygens (including phenoxy) is 3. The van der Waals surface area contributed by atoms with E-state index in [1.807, 2.05) is 35.0 Å². The van der Waals surface area contributed by atoms with Gasteiger partial charge in [0.2, 0.25) is 0 Å². The molecule has 0 radical (unpaired) electrons. The molecule has 1 saturated heterocycles. The van der Waals surface area contributed by atoms with Crippen LogP contribution in [0.4, 0.5) is 0 Å². The molecule has 0 spiro atoms. The van der Waals surface area contributed by atoms with E-state index in [1.54, 1.807) is 0 Å². The Bertz CT molecular complexity index is 551. The molecule has 1 aliphatic rings. The molecule has 0 N–H and O–H groups in total. The summed E-state index contributed by atoms with van der Waals surface area (Å²) in [7, 11) is 0. The van der Waals surface area contributed by atoms with Crippen molar-refractivity contribution in [2.75, 3.05) is 0 Å². The Morgan fingerprint density at radius 1 is 0.952 bits per heavy atom. The van der Waals surface area contributed by atoms with E-state index in [1.165, 1.54) is 22.7 Å². The van der Waals surface area contributed by atoms with Crippen molar-refractivity contribution < 1.29 is 23.8 Å². The van der Waals surface area contributed by atoms with Crippen molar-refractivity contribution in [2.24, 2.45) is 0 Å². The molecule has 2 aromatic heterocycles. The highest BCUT2D eigenvalue weighted by Gasteiger charge is 2.52. The smallest absolute Gasteiger partial charge is 0.339 e. The van der Waals surface area contributed by atoms with E-state index >= 15 is 0 Å². The average Bonchev–Trinajstić information content (AvgIpc) is 2.91. The van der Waals surface area contributed by atoms with Crippen LogP contribution in [0.1, 0.15) is 9.75 Å². The third kappa shape index (κ3) is 3.69. The van der Waals surface area contributed by atoms with Crippen LogP contribution < -0.4 is 0 Å². The van der Waals surface area contributed by atoms with Crippen molar-refractivity contribution in [3.8, 4) is 0 Å². The highest BCUT2D eigenvalue weighted by molar-refractivity contribution is 7.10. The molecule has 2 aromatic rings. The highest BCUT2D eigenvalue weighted by Crippen LogP contribution is 2.26. The van der Waals surface area contributed by atoms with Crippen LogP contribution in [0.25, 0.3) is 0 Å². The molecule has 7 heteroatoms. The zero-order valence-corrected chi connectivity index (χ0v) is 12.5. The Kier molecular flexibility index (Phi) is 4.33. The molecule has 1 aliphatic heterocycles. The summed E-state index contributed by atoms with van der Waals surface area (Å²) in [5.74, 6) is -1.05. The number of epoxide rings is 1. The first kappa shape index (κ1) is 14.2. The molecule has 110 valence electrons. The van der Waals surface area contributed by atoms with Crippen molar-refractivity contribution in [3.05, 3.63) is 44.8 Å². The SMILES string of the molecule is O=C(OCc1cccs1)C1OC1C(=O)OCc1cccs1. The summed E-state index contributed by atoms with van der Waals surface area (Å²) in [5.41, 5.74) is 0. The summed E-state index contributed by atoms with van der Waals surface area (Å²) in [6.07, 6.45) is -1.67. The van der Waals surface area contributed by atoms with Gasteiger partial charge in [0.05, 0.1) is 0 Å². The third-order valence-corrected chi connectivity index (χ3v) is 4.53. The van der Waals surface area contributed by atoms with Crippen LogP contribution in [-0.2, 0) is 37.0 Å². The molecule has 3 heterocycles. The summed E-state index contributed by atoms with van der Waals surface area (Å²) in [4.78, 5) is 25.3. The minimum atomic E-state index is -0.833. The van der Waals surface area contributed by atoms with Gasteiger partial charge in [-0.3, -0.25) is 0 Å². The minimum absolute atomic E-state index is 0.202. The molecular weight excluding hydrogens is 312 g/mol. The molecule has 21 heavy (non-hydrogen) atoms. The Balaban J connectivity index is 1.40. The summed E-state index contributed by atoms with van der Waals surface area (Å²) < 4.78 is 15.2. The second-order valence-corrected chi connectivity index (χ2v) is 6.42. The standard InChI is InChI=1S/C14H12O5S2/c15-13(17-7-9-3-1-5-20-9)11-12(19-11)14(16)18-8-10-4-2-6-21-10/h1-6,11-12H,7-8H2. The van der Waals surface area contributed by atoms with E-state index in [0.717, 1.165) is 9.75 Å². The first-order chi connectivity index (χ1) is 10.2. The molecule has 3 rings (SSSR count). The number of carbonyl (C=O) groups excluding carboxylic acids is 2. The van der Waals surface area contributed by atoms with E-state index in [-0.39, 0.29) is 13.2 Å². The van der Waals surface area contributed by atoms with E-state index in [4.69, 9.17) is 14.2 Å².